The Kier molecular flexibility index (Phi) is 14.8. The molecular formula is C22H45FO5S2. The van der Waals surface area contributed by atoms with Gasteiger partial charge in [-0.3, -0.25) is 0 Å². The van der Waals surface area contributed by atoms with Crippen LogP contribution in [0.25, 0.3) is 0 Å². The second-order valence-corrected chi connectivity index (χ2v) is 10.9. The Labute approximate surface area is 193 Å². The van der Waals surface area contributed by atoms with Gasteiger partial charge in [0, 0.05) is 0 Å². The van der Waals surface area contributed by atoms with Crippen molar-refractivity contribution in [1.82, 2.24) is 0 Å². The second-order valence-electron chi connectivity index (χ2n) is 9.13. The average Bonchev–Trinajstić information content (AvgIpc) is 2.62. The standard InChI is InChI=1S/C22H45FO5S2/c1-11-13-14-25-21(30-23,26-15-17(3)4)22(27-19(7)12-2,28-20(8,9)10)29-16-24-18(5)6/h17-19H,11-16H2,1-10H3. The number of ether oxygens (including phenoxy) is 5. The number of halogens is 1. The molecule has 0 aromatic carbocycles. The highest BCUT2D eigenvalue weighted by molar-refractivity contribution is 8.02. The van der Waals surface area contributed by atoms with Gasteiger partial charge in [0.1, 0.15) is 12.1 Å². The van der Waals surface area contributed by atoms with E-state index < -0.39 is 15.8 Å². The largest absolute Gasteiger partial charge is 0.368 e. The highest BCUT2D eigenvalue weighted by Crippen LogP contribution is 2.52. The third-order valence-electron chi connectivity index (χ3n) is 3.90. The van der Waals surface area contributed by atoms with Gasteiger partial charge in [0.15, 0.2) is 0 Å². The molecule has 0 aliphatic rings. The molecule has 182 valence electrons. The average molecular weight is 473 g/mol. The van der Waals surface area contributed by atoms with Crippen LogP contribution in [-0.2, 0) is 23.7 Å². The van der Waals surface area contributed by atoms with Gasteiger partial charge in [-0.25, -0.2) is 0 Å². The molecule has 0 spiro atoms. The number of thioether (sulfide) groups is 1. The summed E-state index contributed by atoms with van der Waals surface area (Å²) < 4.78 is 45.8. The Morgan fingerprint density at radius 3 is 2.00 bits per heavy atom. The van der Waals surface area contributed by atoms with Crippen LogP contribution < -0.4 is 0 Å². The fourth-order valence-corrected chi connectivity index (χ4v) is 4.27. The Bertz CT molecular complexity index is 448. The molecule has 8 heteroatoms. The molecule has 3 atom stereocenters. The maximum atomic E-state index is 14.9. The molecule has 0 aliphatic heterocycles. The van der Waals surface area contributed by atoms with E-state index in [1.807, 2.05) is 62.3 Å². The first-order valence-electron chi connectivity index (χ1n) is 11.1. The fraction of sp³-hybridized carbons (Fsp3) is 1.00. The van der Waals surface area contributed by atoms with E-state index in [1.54, 1.807) is 0 Å². The van der Waals surface area contributed by atoms with E-state index in [-0.39, 0.29) is 36.2 Å². The van der Waals surface area contributed by atoms with Crippen LogP contribution in [-0.4, -0.2) is 47.2 Å². The predicted molar refractivity (Wildman–Crippen MR) is 126 cm³/mol. The quantitative estimate of drug-likeness (QED) is 0.164. The van der Waals surface area contributed by atoms with E-state index in [0.717, 1.165) is 19.3 Å². The summed E-state index contributed by atoms with van der Waals surface area (Å²) in [4.78, 5) is 0. The minimum atomic E-state index is -1.80. The molecule has 0 aromatic rings. The molecular weight excluding hydrogens is 427 g/mol. The molecule has 0 amide bonds. The molecule has 0 aromatic heterocycles. The highest BCUT2D eigenvalue weighted by Gasteiger charge is 2.62. The van der Waals surface area contributed by atoms with Gasteiger partial charge >= 0.3 is 5.12 Å². The zero-order valence-electron chi connectivity index (χ0n) is 20.7. The molecule has 0 saturated heterocycles. The van der Waals surface area contributed by atoms with Gasteiger partial charge in [-0.2, -0.15) is 3.89 Å². The number of hydrogen-bond donors (Lipinski definition) is 0. The summed E-state index contributed by atoms with van der Waals surface area (Å²) in [5.74, 6) is 0.424. The molecule has 0 saturated carbocycles. The lowest BCUT2D eigenvalue weighted by Gasteiger charge is -2.48. The van der Waals surface area contributed by atoms with Crippen molar-refractivity contribution >= 4 is 23.9 Å². The molecule has 0 radical (unpaired) electrons. The summed E-state index contributed by atoms with van der Waals surface area (Å²) in [7, 11) is 0. The first-order chi connectivity index (χ1) is 13.9. The van der Waals surface area contributed by atoms with Crippen molar-refractivity contribution in [1.29, 1.82) is 0 Å². The first-order valence-corrected chi connectivity index (χ1v) is 12.8. The van der Waals surface area contributed by atoms with Crippen molar-refractivity contribution in [3.63, 3.8) is 0 Å². The van der Waals surface area contributed by atoms with E-state index in [2.05, 4.69) is 6.92 Å². The van der Waals surface area contributed by atoms with Crippen LogP contribution in [0, 0.1) is 5.92 Å². The van der Waals surface area contributed by atoms with E-state index >= 15 is 0 Å². The van der Waals surface area contributed by atoms with Gasteiger partial charge in [-0.1, -0.05) is 45.9 Å². The highest BCUT2D eigenvalue weighted by atomic mass is 32.2. The van der Waals surface area contributed by atoms with Crippen molar-refractivity contribution in [2.24, 2.45) is 5.92 Å². The number of unbranched alkanes of at least 4 members (excludes halogenated alkanes) is 1. The number of hydrogen-bond acceptors (Lipinski definition) is 7. The van der Waals surface area contributed by atoms with Gasteiger partial charge in [-0.05, 0) is 60.3 Å². The molecule has 3 unspecified atom stereocenters. The SMILES string of the molecule is CCCCOC(OCC(C)C)(SF)C(OC(C)CC)(OC(C)(C)C)SCOC(C)C. The summed E-state index contributed by atoms with van der Waals surface area (Å²) in [6.45, 7) is 20.3. The van der Waals surface area contributed by atoms with Crippen molar-refractivity contribution in [3.8, 4) is 0 Å². The molecule has 0 rings (SSSR count). The lowest BCUT2D eigenvalue weighted by Crippen LogP contribution is -2.60. The summed E-state index contributed by atoms with van der Waals surface area (Å²) in [6.07, 6.45) is 2.23. The molecule has 0 bridgehead atoms. The van der Waals surface area contributed by atoms with Crippen LogP contribution in [0.1, 0.15) is 88.5 Å². The van der Waals surface area contributed by atoms with Gasteiger partial charge in [-0.15, -0.1) is 0 Å². The fourth-order valence-electron chi connectivity index (χ4n) is 2.25. The zero-order valence-corrected chi connectivity index (χ0v) is 22.3. The van der Waals surface area contributed by atoms with Gasteiger partial charge in [0.25, 0.3) is 5.12 Å². The predicted octanol–water partition coefficient (Wildman–Crippen LogP) is 7.15. The van der Waals surface area contributed by atoms with Crippen LogP contribution in [0.5, 0.6) is 0 Å². The normalized spacial score (nSPS) is 17.9. The van der Waals surface area contributed by atoms with Crippen LogP contribution in [0.4, 0.5) is 3.89 Å². The summed E-state index contributed by atoms with van der Waals surface area (Å²) in [5, 5.41) is -3.37. The molecule has 0 aliphatic carbocycles. The minimum Gasteiger partial charge on any atom is -0.368 e. The van der Waals surface area contributed by atoms with E-state index in [4.69, 9.17) is 23.7 Å². The molecule has 5 nitrogen and oxygen atoms in total. The number of rotatable bonds is 17. The molecule has 0 N–H and O–H groups in total. The lowest BCUT2D eigenvalue weighted by atomic mass is 10.2. The van der Waals surface area contributed by atoms with Gasteiger partial charge in [0.05, 0.1) is 37.0 Å². The van der Waals surface area contributed by atoms with Gasteiger partial charge in [0.2, 0.25) is 0 Å². The third kappa shape index (κ3) is 10.8. The zero-order chi connectivity index (χ0) is 23.4. The Balaban J connectivity index is 6.34. The Morgan fingerprint density at radius 1 is 0.933 bits per heavy atom. The van der Waals surface area contributed by atoms with Gasteiger partial charge < -0.3 is 23.7 Å². The maximum absolute atomic E-state index is 14.9. The van der Waals surface area contributed by atoms with Crippen LogP contribution >= 0.6 is 23.9 Å². The summed E-state index contributed by atoms with van der Waals surface area (Å²) >= 11 is 1.23. The Hall–Kier alpha value is 0.430. The van der Waals surface area contributed by atoms with E-state index in [1.165, 1.54) is 11.8 Å². The molecule has 30 heavy (non-hydrogen) atoms. The summed E-state index contributed by atoms with van der Waals surface area (Å²) in [5.41, 5.74) is -0.644. The van der Waals surface area contributed by atoms with E-state index in [0.29, 0.717) is 13.2 Å². The Morgan fingerprint density at radius 2 is 1.57 bits per heavy atom. The maximum Gasteiger partial charge on any atom is 0.316 e. The van der Waals surface area contributed by atoms with Crippen molar-refractivity contribution in [2.75, 3.05) is 19.2 Å². The van der Waals surface area contributed by atoms with Crippen molar-refractivity contribution in [3.05, 3.63) is 0 Å². The minimum absolute atomic E-state index is 0.00208. The molecule has 0 heterocycles. The van der Waals surface area contributed by atoms with Crippen molar-refractivity contribution < 1.29 is 27.6 Å². The van der Waals surface area contributed by atoms with Crippen LogP contribution in [0.3, 0.4) is 0 Å². The van der Waals surface area contributed by atoms with E-state index in [9.17, 15) is 3.89 Å². The summed E-state index contributed by atoms with van der Waals surface area (Å²) in [6, 6.07) is 0. The second kappa shape index (κ2) is 14.6. The first kappa shape index (κ1) is 30.4. The van der Waals surface area contributed by atoms with Crippen LogP contribution in [0.15, 0.2) is 0 Å². The monoisotopic (exact) mass is 472 g/mol. The molecule has 0 fully saturated rings. The van der Waals surface area contributed by atoms with Crippen LogP contribution in [0.2, 0.25) is 0 Å². The topological polar surface area (TPSA) is 46.2 Å². The third-order valence-corrected chi connectivity index (χ3v) is 5.81. The smallest absolute Gasteiger partial charge is 0.316 e. The van der Waals surface area contributed by atoms with Crippen molar-refractivity contribution in [2.45, 2.75) is 117 Å². The lowest BCUT2D eigenvalue weighted by molar-refractivity contribution is -0.358.